The predicted octanol–water partition coefficient (Wildman–Crippen LogP) is 5.39. The molecule has 0 atom stereocenters. The number of urea groups is 1. The average Bonchev–Trinajstić information content (AvgIpc) is 3.48. The van der Waals surface area contributed by atoms with Crippen LogP contribution in [0.25, 0.3) is 22.2 Å². The number of benzene rings is 3. The van der Waals surface area contributed by atoms with Gasteiger partial charge in [0.05, 0.1) is 16.6 Å². The summed E-state index contributed by atoms with van der Waals surface area (Å²) in [5, 5.41) is 12.8. The Bertz CT molecular complexity index is 1370. The summed E-state index contributed by atoms with van der Waals surface area (Å²) in [5.41, 5.74) is 5.13. The van der Waals surface area contributed by atoms with E-state index in [1.807, 2.05) is 77.1 Å². The monoisotopic (exact) mass is 454 g/mol. The van der Waals surface area contributed by atoms with E-state index in [4.69, 9.17) is 0 Å². The quantitative estimate of drug-likeness (QED) is 0.423. The average molecular weight is 455 g/mol. The van der Waals surface area contributed by atoms with Gasteiger partial charge in [0, 0.05) is 25.3 Å². The van der Waals surface area contributed by atoms with Gasteiger partial charge in [-0.2, -0.15) is 0 Å². The molecular formula is C27H26N4O3. The second-order valence-corrected chi connectivity index (χ2v) is 8.62. The molecule has 1 aliphatic heterocycles. The molecule has 1 saturated heterocycles. The van der Waals surface area contributed by atoms with Gasteiger partial charge in [0.15, 0.2) is 0 Å². The molecule has 0 unspecified atom stereocenters. The van der Waals surface area contributed by atoms with Crippen molar-refractivity contribution in [3.05, 3.63) is 83.7 Å². The van der Waals surface area contributed by atoms with Crippen LogP contribution in [-0.2, 0) is 6.54 Å². The Kier molecular flexibility index (Phi) is 5.76. The topological polar surface area (TPSA) is 87.5 Å². The molecule has 4 aromatic rings. The zero-order chi connectivity index (χ0) is 23.7. The molecule has 3 aromatic carbocycles. The highest BCUT2D eigenvalue weighted by Gasteiger charge is 2.19. The second kappa shape index (κ2) is 9.02. The van der Waals surface area contributed by atoms with E-state index >= 15 is 0 Å². The number of fused-ring (bicyclic) bond motifs is 1. The molecule has 2 N–H and O–H groups in total. The Morgan fingerprint density at radius 1 is 1.00 bits per heavy atom. The third kappa shape index (κ3) is 4.24. The van der Waals surface area contributed by atoms with Crippen molar-refractivity contribution in [1.82, 2.24) is 14.5 Å². The number of aromatic nitrogens is 2. The number of aromatic carboxylic acids is 1. The minimum atomic E-state index is -0.958. The van der Waals surface area contributed by atoms with E-state index in [0.29, 0.717) is 12.1 Å². The Hall–Kier alpha value is -4.13. The first kappa shape index (κ1) is 21.7. The first-order valence-electron chi connectivity index (χ1n) is 11.4. The summed E-state index contributed by atoms with van der Waals surface area (Å²) >= 11 is 0. The molecule has 5 rings (SSSR count). The van der Waals surface area contributed by atoms with E-state index in [9.17, 15) is 14.7 Å². The standard InChI is InChI=1S/C27H26N4O3/c1-18-28-24-12-10-21(29-27(34)30-13-5-6-14-30)16-25(24)31(18)17-19-9-11-22(23(15-19)26(32)33)20-7-3-2-4-8-20/h2-4,7-12,15-16H,5-6,13-14,17H2,1H3,(H,29,34)(H,32,33). The zero-order valence-corrected chi connectivity index (χ0v) is 19.0. The predicted molar refractivity (Wildman–Crippen MR) is 132 cm³/mol. The van der Waals surface area contributed by atoms with Crippen molar-refractivity contribution in [3.8, 4) is 11.1 Å². The molecule has 7 nitrogen and oxygen atoms in total. The van der Waals surface area contributed by atoms with Gasteiger partial charge in [-0.05, 0) is 60.7 Å². The Morgan fingerprint density at radius 3 is 2.50 bits per heavy atom. The van der Waals surface area contributed by atoms with Crippen LogP contribution < -0.4 is 5.32 Å². The van der Waals surface area contributed by atoms with Gasteiger partial charge in [0.1, 0.15) is 5.82 Å². The lowest BCUT2D eigenvalue weighted by molar-refractivity contribution is 0.0697. The fourth-order valence-corrected chi connectivity index (χ4v) is 4.56. The molecule has 172 valence electrons. The molecule has 1 aliphatic rings. The summed E-state index contributed by atoms with van der Waals surface area (Å²) < 4.78 is 2.05. The lowest BCUT2D eigenvalue weighted by Crippen LogP contribution is -2.32. The Labute approximate surface area is 197 Å². The molecule has 2 heterocycles. The maximum Gasteiger partial charge on any atom is 0.336 e. The van der Waals surface area contributed by atoms with E-state index in [1.54, 1.807) is 6.07 Å². The summed E-state index contributed by atoms with van der Waals surface area (Å²) in [4.78, 5) is 31.0. The lowest BCUT2D eigenvalue weighted by Gasteiger charge is -2.16. The van der Waals surface area contributed by atoms with Crippen molar-refractivity contribution >= 4 is 28.7 Å². The highest BCUT2D eigenvalue weighted by Crippen LogP contribution is 2.27. The first-order chi connectivity index (χ1) is 16.5. The molecule has 1 aromatic heterocycles. The first-order valence-corrected chi connectivity index (χ1v) is 11.4. The number of imidazole rings is 1. The number of anilines is 1. The molecule has 0 spiro atoms. The summed E-state index contributed by atoms with van der Waals surface area (Å²) in [5.74, 6) is -0.137. The van der Waals surface area contributed by atoms with Crippen molar-refractivity contribution in [2.24, 2.45) is 0 Å². The van der Waals surface area contributed by atoms with E-state index in [0.717, 1.165) is 59.6 Å². The number of likely N-dealkylation sites (tertiary alicyclic amines) is 1. The number of rotatable bonds is 5. The van der Waals surface area contributed by atoms with E-state index in [2.05, 4.69) is 10.3 Å². The molecule has 1 fully saturated rings. The number of carbonyl (C=O) groups is 2. The summed E-state index contributed by atoms with van der Waals surface area (Å²) in [7, 11) is 0. The van der Waals surface area contributed by atoms with Gasteiger partial charge >= 0.3 is 12.0 Å². The van der Waals surface area contributed by atoms with Crippen LogP contribution in [0.5, 0.6) is 0 Å². The molecule has 0 aliphatic carbocycles. The molecule has 2 amide bonds. The van der Waals surface area contributed by atoms with E-state index in [-0.39, 0.29) is 11.6 Å². The minimum absolute atomic E-state index is 0.0813. The van der Waals surface area contributed by atoms with Crippen LogP contribution in [0, 0.1) is 6.92 Å². The van der Waals surface area contributed by atoms with Crippen LogP contribution in [0.15, 0.2) is 66.7 Å². The van der Waals surface area contributed by atoms with Crippen LogP contribution in [0.2, 0.25) is 0 Å². The lowest BCUT2D eigenvalue weighted by atomic mass is 9.97. The summed E-state index contributed by atoms with van der Waals surface area (Å²) in [6.07, 6.45) is 2.08. The van der Waals surface area contributed by atoms with Gasteiger partial charge in [0.2, 0.25) is 0 Å². The van der Waals surface area contributed by atoms with Gasteiger partial charge in [0.25, 0.3) is 0 Å². The van der Waals surface area contributed by atoms with Crippen molar-refractivity contribution < 1.29 is 14.7 Å². The van der Waals surface area contributed by atoms with Crippen molar-refractivity contribution in [3.63, 3.8) is 0 Å². The number of carboxylic acids is 1. The molecule has 7 heteroatoms. The van der Waals surface area contributed by atoms with Crippen molar-refractivity contribution in [1.29, 1.82) is 0 Å². The highest BCUT2D eigenvalue weighted by atomic mass is 16.4. The van der Waals surface area contributed by atoms with Crippen LogP contribution in [0.1, 0.15) is 34.6 Å². The van der Waals surface area contributed by atoms with Crippen LogP contribution in [0.4, 0.5) is 10.5 Å². The maximum atomic E-state index is 12.5. The number of nitrogens with one attached hydrogen (secondary N) is 1. The molecule has 0 bridgehead atoms. The highest BCUT2D eigenvalue weighted by molar-refractivity contribution is 5.96. The Morgan fingerprint density at radius 2 is 1.76 bits per heavy atom. The van der Waals surface area contributed by atoms with Crippen LogP contribution in [-0.4, -0.2) is 44.6 Å². The third-order valence-electron chi connectivity index (χ3n) is 6.32. The zero-order valence-electron chi connectivity index (χ0n) is 19.0. The molecule has 34 heavy (non-hydrogen) atoms. The molecule has 0 saturated carbocycles. The fraction of sp³-hybridized carbons (Fsp3) is 0.222. The number of carbonyl (C=O) groups excluding carboxylic acids is 1. The largest absolute Gasteiger partial charge is 0.478 e. The van der Waals surface area contributed by atoms with Crippen LogP contribution in [0.3, 0.4) is 0 Å². The number of amides is 2. The fourth-order valence-electron chi connectivity index (χ4n) is 4.56. The van der Waals surface area contributed by atoms with Crippen molar-refractivity contribution in [2.45, 2.75) is 26.3 Å². The SMILES string of the molecule is Cc1nc2ccc(NC(=O)N3CCCC3)cc2n1Cc1ccc(-c2ccccc2)c(C(=O)O)c1. The number of hydrogen-bond donors (Lipinski definition) is 2. The van der Waals surface area contributed by atoms with E-state index in [1.165, 1.54) is 0 Å². The number of hydrogen-bond acceptors (Lipinski definition) is 3. The minimum Gasteiger partial charge on any atom is -0.478 e. The summed E-state index contributed by atoms with van der Waals surface area (Å²) in [6.45, 7) is 3.98. The van der Waals surface area contributed by atoms with Gasteiger partial charge in [-0.1, -0.05) is 42.5 Å². The smallest absolute Gasteiger partial charge is 0.336 e. The van der Waals surface area contributed by atoms with E-state index < -0.39 is 5.97 Å². The number of nitrogens with zero attached hydrogens (tertiary/aromatic N) is 3. The summed E-state index contributed by atoms with van der Waals surface area (Å²) in [6, 6.07) is 20.7. The van der Waals surface area contributed by atoms with Crippen molar-refractivity contribution in [2.75, 3.05) is 18.4 Å². The molecule has 0 radical (unpaired) electrons. The third-order valence-corrected chi connectivity index (χ3v) is 6.32. The number of carboxylic acid groups (broad SMARTS) is 1. The van der Waals surface area contributed by atoms with Gasteiger partial charge in [-0.25, -0.2) is 14.6 Å². The normalized spacial score (nSPS) is 13.4. The number of aryl methyl sites for hydroxylation is 1. The molecular weight excluding hydrogens is 428 g/mol. The Balaban J connectivity index is 1.46. The maximum absolute atomic E-state index is 12.5. The van der Waals surface area contributed by atoms with Gasteiger partial charge < -0.3 is 19.9 Å². The van der Waals surface area contributed by atoms with Gasteiger partial charge in [-0.15, -0.1) is 0 Å². The van der Waals surface area contributed by atoms with Gasteiger partial charge in [-0.3, -0.25) is 0 Å². The second-order valence-electron chi connectivity index (χ2n) is 8.62. The van der Waals surface area contributed by atoms with Crippen LogP contribution >= 0.6 is 0 Å².